The normalized spacial score (nSPS) is 15.4. The lowest BCUT2D eigenvalue weighted by atomic mass is 10.0. The van der Waals surface area contributed by atoms with Gasteiger partial charge in [0.05, 0.1) is 25.8 Å². The van der Waals surface area contributed by atoms with Gasteiger partial charge in [-0.1, -0.05) is 23.4 Å². The summed E-state index contributed by atoms with van der Waals surface area (Å²) < 4.78 is 18.1. The van der Waals surface area contributed by atoms with Crippen LogP contribution in [0.25, 0.3) is 11.0 Å². The number of carbonyl (C=O) groups excluding carboxylic acids is 2. The number of carbonyl (C=O) groups is 2. The average Bonchev–Trinajstić information content (AvgIpc) is 3.68. The first-order valence-corrected chi connectivity index (χ1v) is 13.6. The zero-order valence-electron chi connectivity index (χ0n) is 23.2. The number of nitrogens with one attached hydrogen (secondary N) is 1. The lowest BCUT2D eigenvalue weighted by Gasteiger charge is -2.32. The van der Waals surface area contributed by atoms with Gasteiger partial charge in [0.2, 0.25) is 11.8 Å². The second-order valence-electron chi connectivity index (χ2n) is 9.83. The number of amides is 2. The summed E-state index contributed by atoms with van der Waals surface area (Å²) in [5.74, 6) is 0.661. The first-order chi connectivity index (χ1) is 20.1. The molecule has 0 bridgehead atoms. The molecule has 1 aliphatic rings. The van der Waals surface area contributed by atoms with E-state index in [2.05, 4.69) is 20.6 Å². The third-order valence-electron chi connectivity index (χ3n) is 7.22. The maximum absolute atomic E-state index is 14.1. The smallest absolute Gasteiger partial charge is 0.247 e. The number of pyridine rings is 1. The number of rotatable bonds is 12. The van der Waals surface area contributed by atoms with E-state index >= 15 is 0 Å². The first kappa shape index (κ1) is 28.0. The Labute approximate surface area is 238 Å². The van der Waals surface area contributed by atoms with Crippen LogP contribution in [0.15, 0.2) is 67.0 Å². The van der Waals surface area contributed by atoms with E-state index in [0.717, 1.165) is 23.9 Å². The highest BCUT2D eigenvalue weighted by Crippen LogP contribution is 2.29. The average molecular weight is 559 g/mol. The number of ether oxygens (including phenoxy) is 3. The zero-order valence-corrected chi connectivity index (χ0v) is 23.2. The van der Waals surface area contributed by atoms with Gasteiger partial charge in [-0.15, -0.1) is 5.10 Å². The molecule has 1 N–H and O–H groups in total. The number of methoxy groups -OCH3 is 2. The lowest BCUT2D eigenvalue weighted by molar-refractivity contribution is -0.141. The minimum Gasteiger partial charge on any atom is -0.493 e. The van der Waals surface area contributed by atoms with Gasteiger partial charge in [0.15, 0.2) is 11.5 Å². The van der Waals surface area contributed by atoms with Crippen LogP contribution in [-0.2, 0) is 27.3 Å². The molecule has 2 aromatic carbocycles. The van der Waals surface area contributed by atoms with Crippen LogP contribution in [0.2, 0.25) is 0 Å². The van der Waals surface area contributed by atoms with Crippen LogP contribution in [0.3, 0.4) is 0 Å². The SMILES string of the molecule is COc1ccc(CCN(C(=O)Cn2nnc3ccccc32)[C@@H](C(=O)NC[C@H]2CCCO2)c2ccncc2)cc1OC. The van der Waals surface area contributed by atoms with Crippen LogP contribution < -0.4 is 14.8 Å². The number of nitrogens with zero attached hydrogens (tertiary/aromatic N) is 5. The molecule has 1 fully saturated rings. The Balaban J connectivity index is 1.45. The Bertz CT molecular complexity index is 1470. The van der Waals surface area contributed by atoms with Crippen LogP contribution in [0, 0.1) is 0 Å². The molecule has 1 saturated heterocycles. The van der Waals surface area contributed by atoms with Crippen molar-refractivity contribution < 1.29 is 23.8 Å². The molecule has 11 heteroatoms. The largest absolute Gasteiger partial charge is 0.493 e. The molecule has 5 rings (SSSR count). The van der Waals surface area contributed by atoms with Crippen LogP contribution in [0.4, 0.5) is 0 Å². The third-order valence-corrected chi connectivity index (χ3v) is 7.22. The fourth-order valence-electron chi connectivity index (χ4n) is 5.07. The Morgan fingerprint density at radius 2 is 1.90 bits per heavy atom. The number of aromatic nitrogens is 4. The molecular formula is C30H34N6O5. The molecule has 0 radical (unpaired) electrons. The number of hydrogen-bond donors (Lipinski definition) is 1. The van der Waals surface area contributed by atoms with E-state index < -0.39 is 6.04 Å². The Morgan fingerprint density at radius 3 is 2.66 bits per heavy atom. The number of hydrogen-bond acceptors (Lipinski definition) is 8. The third kappa shape index (κ3) is 6.63. The van der Waals surface area contributed by atoms with Crippen molar-refractivity contribution in [3.05, 3.63) is 78.1 Å². The number of para-hydroxylation sites is 1. The molecule has 2 atom stereocenters. The second kappa shape index (κ2) is 13.2. The summed E-state index contributed by atoms with van der Waals surface area (Å²) >= 11 is 0. The molecule has 2 amide bonds. The fourth-order valence-corrected chi connectivity index (χ4v) is 5.07. The summed E-state index contributed by atoms with van der Waals surface area (Å²) in [5.41, 5.74) is 3.02. The molecule has 1 aliphatic heterocycles. The van der Waals surface area contributed by atoms with Crippen molar-refractivity contribution in [2.24, 2.45) is 0 Å². The van der Waals surface area contributed by atoms with Crippen molar-refractivity contribution in [2.45, 2.75) is 38.0 Å². The van der Waals surface area contributed by atoms with Crippen LogP contribution in [-0.4, -0.2) is 76.7 Å². The molecular weight excluding hydrogens is 524 g/mol. The van der Waals surface area contributed by atoms with Crippen LogP contribution in [0.5, 0.6) is 11.5 Å². The molecule has 0 aliphatic carbocycles. The van der Waals surface area contributed by atoms with Gasteiger partial charge in [-0.2, -0.15) is 0 Å². The van der Waals surface area contributed by atoms with Gasteiger partial charge < -0.3 is 24.4 Å². The summed E-state index contributed by atoms with van der Waals surface area (Å²) in [5, 5.41) is 11.4. The lowest BCUT2D eigenvalue weighted by Crippen LogP contribution is -2.47. The van der Waals surface area contributed by atoms with E-state index in [0.29, 0.717) is 42.2 Å². The highest BCUT2D eigenvalue weighted by molar-refractivity contribution is 5.89. The van der Waals surface area contributed by atoms with Gasteiger partial charge in [0.1, 0.15) is 18.1 Å². The monoisotopic (exact) mass is 558 g/mol. The number of benzene rings is 2. The maximum atomic E-state index is 14.1. The minimum absolute atomic E-state index is 0.0329. The van der Waals surface area contributed by atoms with E-state index in [1.165, 1.54) is 0 Å². The quantitative estimate of drug-likeness (QED) is 0.282. The topological polar surface area (TPSA) is 121 Å². The molecule has 3 heterocycles. The van der Waals surface area contributed by atoms with E-state index in [1.807, 2.05) is 42.5 Å². The highest BCUT2D eigenvalue weighted by Gasteiger charge is 2.32. The molecule has 11 nitrogen and oxygen atoms in total. The Hall–Kier alpha value is -4.51. The van der Waals surface area contributed by atoms with Crippen LogP contribution in [0.1, 0.15) is 30.0 Å². The van der Waals surface area contributed by atoms with Crippen molar-refractivity contribution in [1.29, 1.82) is 0 Å². The Morgan fingerprint density at radius 1 is 1.10 bits per heavy atom. The van der Waals surface area contributed by atoms with Gasteiger partial charge >= 0.3 is 0 Å². The predicted octanol–water partition coefficient (Wildman–Crippen LogP) is 2.95. The predicted molar refractivity (Wildman–Crippen MR) is 151 cm³/mol. The van der Waals surface area contributed by atoms with E-state index in [1.54, 1.807) is 48.3 Å². The van der Waals surface area contributed by atoms with Crippen molar-refractivity contribution in [3.63, 3.8) is 0 Å². The van der Waals surface area contributed by atoms with Gasteiger partial charge in [-0.05, 0) is 66.8 Å². The van der Waals surface area contributed by atoms with Crippen molar-refractivity contribution >= 4 is 22.8 Å². The number of fused-ring (bicyclic) bond motifs is 1. The summed E-state index contributed by atoms with van der Waals surface area (Å²) in [6.45, 7) is 1.26. The molecule has 0 saturated carbocycles. The van der Waals surface area contributed by atoms with E-state index in [9.17, 15) is 9.59 Å². The minimum atomic E-state index is -0.887. The van der Waals surface area contributed by atoms with Gasteiger partial charge in [0.25, 0.3) is 0 Å². The van der Waals surface area contributed by atoms with Gasteiger partial charge in [-0.25, -0.2) is 4.68 Å². The van der Waals surface area contributed by atoms with Gasteiger partial charge in [-0.3, -0.25) is 14.6 Å². The summed E-state index contributed by atoms with van der Waals surface area (Å²) in [6.07, 6.45) is 5.55. The van der Waals surface area contributed by atoms with Crippen molar-refractivity contribution in [3.8, 4) is 11.5 Å². The highest BCUT2D eigenvalue weighted by atomic mass is 16.5. The second-order valence-corrected chi connectivity index (χ2v) is 9.83. The molecule has 2 aromatic heterocycles. The van der Waals surface area contributed by atoms with E-state index in [-0.39, 0.29) is 31.0 Å². The molecule has 0 spiro atoms. The fraction of sp³-hybridized carbons (Fsp3) is 0.367. The van der Waals surface area contributed by atoms with E-state index in [4.69, 9.17) is 14.2 Å². The molecule has 4 aromatic rings. The maximum Gasteiger partial charge on any atom is 0.247 e. The van der Waals surface area contributed by atoms with Crippen molar-refractivity contribution in [2.75, 3.05) is 33.9 Å². The molecule has 41 heavy (non-hydrogen) atoms. The molecule has 0 unspecified atom stereocenters. The van der Waals surface area contributed by atoms with Gasteiger partial charge in [0, 0.05) is 32.1 Å². The summed E-state index contributed by atoms with van der Waals surface area (Å²) in [4.78, 5) is 33.6. The summed E-state index contributed by atoms with van der Waals surface area (Å²) in [6, 6.07) is 15.7. The van der Waals surface area contributed by atoms with Crippen LogP contribution >= 0.6 is 0 Å². The standard InChI is InChI=1S/C30H34N6O5/c1-39-26-10-9-21(18-27(26)40-2)13-16-35(28(37)20-36-25-8-4-3-7-24(25)33-34-36)29(22-11-14-31-15-12-22)30(38)32-19-23-6-5-17-41-23/h3-4,7-12,14-15,18,23,29H,5-6,13,16-17,19-20H2,1-2H3,(H,32,38)/t23-,29-/m1/s1. The summed E-state index contributed by atoms with van der Waals surface area (Å²) in [7, 11) is 3.16. The first-order valence-electron chi connectivity index (χ1n) is 13.6. The van der Waals surface area contributed by atoms with Crippen molar-refractivity contribution in [1.82, 2.24) is 30.2 Å². The Kier molecular flexibility index (Phi) is 9.05. The molecule has 214 valence electrons. The zero-order chi connectivity index (χ0) is 28.6.